The molecule has 0 bridgehead atoms. The third-order valence-corrected chi connectivity index (χ3v) is 9.21. The highest BCUT2D eigenvalue weighted by Gasteiger charge is 2.43. The summed E-state index contributed by atoms with van der Waals surface area (Å²) >= 11 is 0. The molecule has 1 saturated carbocycles. The maximum atomic E-state index is 12.2. The summed E-state index contributed by atoms with van der Waals surface area (Å²) in [6.07, 6.45) is 6.26. The normalized spacial score (nSPS) is 26.3. The highest BCUT2D eigenvalue weighted by atomic mass is 32.2. The van der Waals surface area contributed by atoms with Crippen LogP contribution in [-0.4, -0.2) is 75.5 Å². The second kappa shape index (κ2) is 11.0. The second-order valence-electron chi connectivity index (χ2n) is 11.2. The van der Waals surface area contributed by atoms with E-state index >= 15 is 0 Å². The quantitative estimate of drug-likeness (QED) is 0.474. The molecule has 186 valence electrons. The maximum absolute atomic E-state index is 12.2. The average Bonchev–Trinajstić information content (AvgIpc) is 3.54. The Morgan fingerprint density at radius 2 is 1.69 bits per heavy atom. The molecule has 0 aromatic rings. The molecule has 2 aliphatic heterocycles. The van der Waals surface area contributed by atoms with Crippen molar-refractivity contribution in [2.75, 3.05) is 51.8 Å². The SMILES string of the molecule is CCS(=O)(=O)N1CCC(COCCC2CC2C2CCN(C(=O)OCC(C)(C)C)CC2)CC1. The number of ether oxygens (including phenoxy) is 2. The van der Waals surface area contributed by atoms with Crippen LogP contribution in [0.5, 0.6) is 0 Å². The van der Waals surface area contributed by atoms with Crippen LogP contribution in [0.3, 0.4) is 0 Å². The van der Waals surface area contributed by atoms with Gasteiger partial charge in [-0.2, -0.15) is 0 Å². The van der Waals surface area contributed by atoms with Crippen LogP contribution in [0.4, 0.5) is 4.79 Å². The first-order valence-electron chi connectivity index (χ1n) is 12.6. The maximum Gasteiger partial charge on any atom is 0.409 e. The Hall–Kier alpha value is -0.860. The van der Waals surface area contributed by atoms with Gasteiger partial charge in [0.15, 0.2) is 0 Å². The number of amides is 1. The summed E-state index contributed by atoms with van der Waals surface area (Å²) in [5, 5.41) is 0. The van der Waals surface area contributed by atoms with Crippen LogP contribution in [0.2, 0.25) is 0 Å². The lowest BCUT2D eigenvalue weighted by Crippen LogP contribution is -2.40. The number of rotatable bonds is 9. The van der Waals surface area contributed by atoms with Crippen LogP contribution in [0.15, 0.2) is 0 Å². The lowest BCUT2D eigenvalue weighted by molar-refractivity contribution is 0.0592. The number of likely N-dealkylation sites (tertiary alicyclic amines) is 1. The molecule has 32 heavy (non-hydrogen) atoms. The number of nitrogens with zero attached hydrogens (tertiary/aromatic N) is 2. The summed E-state index contributed by atoms with van der Waals surface area (Å²) in [5.74, 6) is 2.98. The van der Waals surface area contributed by atoms with Gasteiger partial charge in [0.25, 0.3) is 0 Å². The molecule has 0 spiro atoms. The van der Waals surface area contributed by atoms with Crippen molar-refractivity contribution < 1.29 is 22.7 Å². The molecule has 0 radical (unpaired) electrons. The lowest BCUT2D eigenvalue weighted by Gasteiger charge is -2.32. The minimum Gasteiger partial charge on any atom is -0.449 e. The zero-order valence-corrected chi connectivity index (χ0v) is 21.4. The van der Waals surface area contributed by atoms with E-state index in [9.17, 15) is 13.2 Å². The van der Waals surface area contributed by atoms with Gasteiger partial charge in [0.2, 0.25) is 10.0 Å². The first kappa shape index (κ1) is 25.8. The van der Waals surface area contributed by atoms with Gasteiger partial charge in [-0.3, -0.25) is 0 Å². The van der Waals surface area contributed by atoms with Gasteiger partial charge < -0.3 is 14.4 Å². The van der Waals surface area contributed by atoms with E-state index in [0.717, 1.165) is 76.2 Å². The summed E-state index contributed by atoms with van der Waals surface area (Å²) in [6.45, 7) is 12.9. The van der Waals surface area contributed by atoms with Crippen LogP contribution in [-0.2, 0) is 19.5 Å². The minimum atomic E-state index is -3.04. The molecule has 1 aliphatic carbocycles. The predicted octanol–water partition coefficient (Wildman–Crippen LogP) is 3.99. The Labute approximate surface area is 195 Å². The van der Waals surface area contributed by atoms with Crippen molar-refractivity contribution in [3.63, 3.8) is 0 Å². The molecule has 0 aromatic heterocycles. The number of carbonyl (C=O) groups excluding carboxylic acids is 1. The van der Waals surface area contributed by atoms with E-state index in [1.54, 1.807) is 11.2 Å². The standard InChI is InChI=1S/C24H44N2O5S/c1-5-32(28,29)26-13-6-19(7-14-26)17-30-15-10-21-16-22(21)20-8-11-25(12-9-20)23(27)31-18-24(2,3)4/h19-22H,5-18H2,1-4H3. The highest BCUT2D eigenvalue weighted by molar-refractivity contribution is 7.89. The monoisotopic (exact) mass is 472 g/mol. The van der Waals surface area contributed by atoms with E-state index < -0.39 is 10.0 Å². The molecular weight excluding hydrogens is 428 g/mol. The first-order chi connectivity index (χ1) is 15.1. The number of hydrogen-bond donors (Lipinski definition) is 0. The third kappa shape index (κ3) is 7.59. The van der Waals surface area contributed by atoms with Gasteiger partial charge >= 0.3 is 6.09 Å². The number of sulfonamides is 1. The molecule has 2 saturated heterocycles. The molecule has 2 atom stereocenters. The Morgan fingerprint density at radius 3 is 2.28 bits per heavy atom. The van der Waals surface area contributed by atoms with Crippen molar-refractivity contribution in [1.82, 2.24) is 9.21 Å². The van der Waals surface area contributed by atoms with Crippen LogP contribution < -0.4 is 0 Å². The molecule has 3 rings (SSSR count). The fourth-order valence-corrected chi connectivity index (χ4v) is 6.21. The van der Waals surface area contributed by atoms with Crippen LogP contribution in [0.1, 0.15) is 66.2 Å². The predicted molar refractivity (Wildman–Crippen MR) is 126 cm³/mol. The van der Waals surface area contributed by atoms with Crippen molar-refractivity contribution >= 4 is 16.1 Å². The molecule has 0 aromatic carbocycles. The summed E-state index contributed by atoms with van der Waals surface area (Å²) in [4.78, 5) is 14.1. The van der Waals surface area contributed by atoms with Crippen LogP contribution in [0, 0.1) is 29.1 Å². The number of carbonyl (C=O) groups is 1. The molecule has 2 unspecified atom stereocenters. The van der Waals surface area contributed by atoms with E-state index in [1.807, 2.05) is 4.90 Å². The smallest absolute Gasteiger partial charge is 0.409 e. The van der Waals surface area contributed by atoms with Gasteiger partial charge in [0.1, 0.15) is 0 Å². The Balaban J connectivity index is 1.24. The Bertz CT molecular complexity index is 704. The van der Waals surface area contributed by atoms with Crippen molar-refractivity contribution in [1.29, 1.82) is 0 Å². The Kier molecular flexibility index (Phi) is 8.89. The molecule has 8 heteroatoms. The van der Waals surface area contributed by atoms with Crippen molar-refractivity contribution in [3.05, 3.63) is 0 Å². The van der Waals surface area contributed by atoms with Crippen molar-refractivity contribution in [2.24, 2.45) is 29.1 Å². The van der Waals surface area contributed by atoms with Gasteiger partial charge in [0, 0.05) is 39.4 Å². The zero-order chi connectivity index (χ0) is 23.4. The number of hydrogen-bond acceptors (Lipinski definition) is 5. The van der Waals surface area contributed by atoms with Crippen LogP contribution >= 0.6 is 0 Å². The van der Waals surface area contributed by atoms with E-state index in [0.29, 0.717) is 25.6 Å². The molecule has 3 fully saturated rings. The molecule has 1 amide bonds. The molecule has 0 N–H and O–H groups in total. The average molecular weight is 473 g/mol. The second-order valence-corrected chi connectivity index (χ2v) is 13.5. The fourth-order valence-electron chi connectivity index (χ4n) is 5.08. The summed E-state index contributed by atoms with van der Waals surface area (Å²) in [5.41, 5.74) is 0.00429. The van der Waals surface area contributed by atoms with Gasteiger partial charge in [0.05, 0.1) is 12.4 Å². The van der Waals surface area contributed by atoms with E-state index in [-0.39, 0.29) is 17.3 Å². The molecule has 2 heterocycles. The van der Waals surface area contributed by atoms with E-state index in [2.05, 4.69) is 20.8 Å². The molecular formula is C24H44N2O5S. The summed E-state index contributed by atoms with van der Waals surface area (Å²) in [6, 6.07) is 0. The third-order valence-electron chi connectivity index (χ3n) is 7.33. The largest absolute Gasteiger partial charge is 0.449 e. The Morgan fingerprint density at radius 1 is 1.03 bits per heavy atom. The molecule has 3 aliphatic rings. The van der Waals surface area contributed by atoms with Gasteiger partial charge in [-0.05, 0) is 74.5 Å². The first-order valence-corrected chi connectivity index (χ1v) is 14.2. The van der Waals surface area contributed by atoms with E-state index in [1.165, 1.54) is 6.42 Å². The van der Waals surface area contributed by atoms with Gasteiger partial charge in [-0.25, -0.2) is 17.5 Å². The van der Waals surface area contributed by atoms with E-state index in [4.69, 9.17) is 9.47 Å². The lowest BCUT2D eigenvalue weighted by atomic mass is 9.90. The zero-order valence-electron chi connectivity index (χ0n) is 20.6. The number of piperidine rings is 2. The topological polar surface area (TPSA) is 76.2 Å². The van der Waals surface area contributed by atoms with Crippen molar-refractivity contribution in [2.45, 2.75) is 66.2 Å². The minimum absolute atomic E-state index is 0.00429. The fraction of sp³-hybridized carbons (Fsp3) is 0.958. The van der Waals surface area contributed by atoms with Gasteiger partial charge in [-0.1, -0.05) is 20.8 Å². The van der Waals surface area contributed by atoms with Crippen LogP contribution in [0.25, 0.3) is 0 Å². The molecule has 7 nitrogen and oxygen atoms in total. The van der Waals surface area contributed by atoms with Crippen molar-refractivity contribution in [3.8, 4) is 0 Å². The highest BCUT2D eigenvalue weighted by Crippen LogP contribution is 2.49. The summed E-state index contributed by atoms with van der Waals surface area (Å²) < 4.78 is 37.0. The summed E-state index contributed by atoms with van der Waals surface area (Å²) in [7, 11) is -3.04. The van der Waals surface area contributed by atoms with Gasteiger partial charge in [-0.15, -0.1) is 0 Å².